The van der Waals surface area contributed by atoms with Crippen LogP contribution in [0.2, 0.25) is 0 Å². The van der Waals surface area contributed by atoms with Gasteiger partial charge >= 0.3 is 0 Å². The van der Waals surface area contributed by atoms with Crippen LogP contribution in [0, 0.1) is 0 Å². The van der Waals surface area contributed by atoms with Crippen molar-refractivity contribution >= 4 is 27.5 Å². The van der Waals surface area contributed by atoms with Crippen LogP contribution >= 0.6 is 15.9 Å². The first-order valence-corrected chi connectivity index (χ1v) is 7.54. The van der Waals surface area contributed by atoms with Crippen LogP contribution in [-0.2, 0) is 17.8 Å². The Kier molecular flexibility index (Phi) is 3.94. The summed E-state index contributed by atoms with van der Waals surface area (Å²) in [5, 5.41) is 2.86. The van der Waals surface area contributed by atoms with E-state index in [1.165, 1.54) is 0 Å². The highest BCUT2D eigenvalue weighted by Crippen LogP contribution is 2.32. The maximum Gasteiger partial charge on any atom is 0.224 e. The molecule has 5 heteroatoms. The van der Waals surface area contributed by atoms with Gasteiger partial charge in [0.05, 0.1) is 0 Å². The molecular formula is C16H15BrN2O2. The fourth-order valence-electron chi connectivity index (χ4n) is 2.36. The molecule has 0 atom stereocenters. The third-order valence-corrected chi connectivity index (χ3v) is 3.94. The third-order valence-electron chi connectivity index (χ3n) is 3.44. The van der Waals surface area contributed by atoms with Crippen LogP contribution in [0.3, 0.4) is 0 Å². The Balaban J connectivity index is 1.87. The summed E-state index contributed by atoms with van der Waals surface area (Å²) in [4.78, 5) is 11.4. The predicted molar refractivity (Wildman–Crippen MR) is 85.5 cm³/mol. The largest absolute Gasteiger partial charge is 0.457 e. The molecule has 1 aliphatic heterocycles. The van der Waals surface area contributed by atoms with Crippen molar-refractivity contribution in [3.8, 4) is 11.5 Å². The summed E-state index contributed by atoms with van der Waals surface area (Å²) in [6.45, 7) is 0.412. The van der Waals surface area contributed by atoms with Gasteiger partial charge in [-0.3, -0.25) is 4.79 Å². The number of fused-ring (bicyclic) bond motifs is 1. The van der Waals surface area contributed by atoms with E-state index in [4.69, 9.17) is 10.5 Å². The number of nitrogens with one attached hydrogen (secondary N) is 1. The molecule has 2 aromatic carbocycles. The Morgan fingerprint density at radius 2 is 2.05 bits per heavy atom. The van der Waals surface area contributed by atoms with Crippen LogP contribution in [-0.4, -0.2) is 5.91 Å². The van der Waals surface area contributed by atoms with Crippen molar-refractivity contribution in [2.24, 2.45) is 5.73 Å². The molecule has 0 aliphatic carbocycles. The fraction of sp³-hybridized carbons (Fsp3) is 0.188. The molecule has 3 N–H and O–H groups in total. The minimum Gasteiger partial charge on any atom is -0.457 e. The number of ether oxygens (including phenoxy) is 1. The summed E-state index contributed by atoms with van der Waals surface area (Å²) in [7, 11) is 0. The first kappa shape index (κ1) is 14.1. The van der Waals surface area contributed by atoms with E-state index in [0.29, 0.717) is 13.0 Å². The van der Waals surface area contributed by atoms with Crippen molar-refractivity contribution in [1.82, 2.24) is 0 Å². The lowest BCUT2D eigenvalue weighted by molar-refractivity contribution is -0.116. The van der Waals surface area contributed by atoms with E-state index in [9.17, 15) is 4.79 Å². The number of nitrogens with two attached hydrogens (primary N) is 1. The molecule has 21 heavy (non-hydrogen) atoms. The zero-order valence-corrected chi connectivity index (χ0v) is 12.9. The average molecular weight is 347 g/mol. The van der Waals surface area contributed by atoms with E-state index in [1.54, 1.807) is 0 Å². The number of rotatable bonds is 3. The molecule has 1 heterocycles. The number of carbonyl (C=O) groups is 1. The highest BCUT2D eigenvalue weighted by Gasteiger charge is 2.15. The third kappa shape index (κ3) is 3.09. The summed E-state index contributed by atoms with van der Waals surface area (Å²) in [5.41, 5.74) is 8.66. The molecule has 0 saturated heterocycles. The van der Waals surface area contributed by atoms with Gasteiger partial charge in [-0.15, -0.1) is 0 Å². The predicted octanol–water partition coefficient (Wildman–Crippen LogP) is 3.58. The SMILES string of the molecule is NCc1cc(Br)ccc1Oc1ccc2c(c1)CCC(=O)N2. The van der Waals surface area contributed by atoms with Crippen LogP contribution in [0.25, 0.3) is 0 Å². The molecular weight excluding hydrogens is 332 g/mol. The van der Waals surface area contributed by atoms with Gasteiger partial charge < -0.3 is 15.8 Å². The second kappa shape index (κ2) is 5.87. The quantitative estimate of drug-likeness (QED) is 0.892. The van der Waals surface area contributed by atoms with Gasteiger partial charge in [-0.05, 0) is 48.4 Å². The summed E-state index contributed by atoms with van der Waals surface area (Å²) in [6.07, 6.45) is 1.26. The summed E-state index contributed by atoms with van der Waals surface area (Å²) >= 11 is 3.43. The Bertz CT molecular complexity index is 701. The lowest BCUT2D eigenvalue weighted by Gasteiger charge is -2.18. The highest BCUT2D eigenvalue weighted by atomic mass is 79.9. The lowest BCUT2D eigenvalue weighted by atomic mass is 10.0. The molecule has 0 spiro atoms. The van der Waals surface area contributed by atoms with Crippen molar-refractivity contribution in [3.63, 3.8) is 0 Å². The number of hydrogen-bond donors (Lipinski definition) is 2. The minimum absolute atomic E-state index is 0.0643. The number of halogens is 1. The first-order valence-electron chi connectivity index (χ1n) is 6.75. The second-order valence-electron chi connectivity index (χ2n) is 4.93. The molecule has 108 valence electrons. The molecule has 0 unspecified atom stereocenters. The summed E-state index contributed by atoms with van der Waals surface area (Å²) in [6, 6.07) is 11.5. The molecule has 1 amide bonds. The van der Waals surface area contributed by atoms with Crippen molar-refractivity contribution in [2.45, 2.75) is 19.4 Å². The van der Waals surface area contributed by atoms with Gasteiger partial charge in [-0.25, -0.2) is 0 Å². The maximum atomic E-state index is 11.4. The summed E-state index contributed by atoms with van der Waals surface area (Å²) < 4.78 is 6.91. The van der Waals surface area contributed by atoms with Crippen LogP contribution in [0.1, 0.15) is 17.5 Å². The Morgan fingerprint density at radius 1 is 1.19 bits per heavy atom. The molecule has 3 rings (SSSR count). The Morgan fingerprint density at radius 3 is 2.86 bits per heavy atom. The number of hydrogen-bond acceptors (Lipinski definition) is 3. The highest BCUT2D eigenvalue weighted by molar-refractivity contribution is 9.10. The van der Waals surface area contributed by atoms with Crippen LogP contribution in [0.15, 0.2) is 40.9 Å². The van der Waals surface area contributed by atoms with Crippen LogP contribution in [0.5, 0.6) is 11.5 Å². The van der Waals surface area contributed by atoms with E-state index in [1.807, 2.05) is 36.4 Å². The fourth-order valence-corrected chi connectivity index (χ4v) is 2.77. The van der Waals surface area contributed by atoms with Crippen molar-refractivity contribution in [2.75, 3.05) is 5.32 Å². The lowest BCUT2D eigenvalue weighted by Crippen LogP contribution is -2.18. The van der Waals surface area contributed by atoms with Gasteiger partial charge in [-0.2, -0.15) is 0 Å². The molecule has 1 aliphatic rings. The normalized spacial score (nSPS) is 13.5. The smallest absolute Gasteiger partial charge is 0.224 e. The number of anilines is 1. The molecule has 0 fully saturated rings. The Hall–Kier alpha value is -1.85. The second-order valence-corrected chi connectivity index (χ2v) is 5.84. The monoisotopic (exact) mass is 346 g/mol. The zero-order valence-electron chi connectivity index (χ0n) is 11.4. The maximum absolute atomic E-state index is 11.4. The van der Waals surface area contributed by atoms with Crippen LogP contribution < -0.4 is 15.8 Å². The van der Waals surface area contributed by atoms with E-state index in [-0.39, 0.29) is 5.91 Å². The topological polar surface area (TPSA) is 64.3 Å². The van der Waals surface area contributed by atoms with Gasteiger partial charge in [-0.1, -0.05) is 15.9 Å². The summed E-state index contributed by atoms with van der Waals surface area (Å²) in [5.74, 6) is 1.57. The molecule has 0 saturated carbocycles. The number of carbonyl (C=O) groups excluding carboxylic acids is 1. The van der Waals surface area contributed by atoms with E-state index in [2.05, 4.69) is 21.2 Å². The van der Waals surface area contributed by atoms with Crippen LogP contribution in [0.4, 0.5) is 5.69 Å². The molecule has 0 bridgehead atoms. The first-order chi connectivity index (χ1) is 10.2. The molecule has 0 radical (unpaired) electrons. The van der Waals surface area contributed by atoms with Gasteiger partial charge in [0.15, 0.2) is 0 Å². The van der Waals surface area contributed by atoms with Crippen molar-refractivity contribution in [3.05, 3.63) is 52.0 Å². The average Bonchev–Trinajstić information content (AvgIpc) is 2.49. The molecule has 2 aromatic rings. The van der Waals surface area contributed by atoms with Gasteiger partial charge in [0, 0.05) is 28.7 Å². The Labute approximate surface area is 131 Å². The zero-order chi connectivity index (χ0) is 14.8. The van der Waals surface area contributed by atoms with Gasteiger partial charge in [0.2, 0.25) is 5.91 Å². The van der Waals surface area contributed by atoms with E-state index < -0.39 is 0 Å². The standard InChI is InChI=1S/C16H15BrN2O2/c17-12-2-5-15(11(7-12)9-18)21-13-3-4-14-10(8-13)1-6-16(20)19-14/h2-5,7-8H,1,6,9,18H2,(H,19,20). The number of amides is 1. The van der Waals surface area contributed by atoms with Crippen molar-refractivity contribution < 1.29 is 9.53 Å². The van der Waals surface area contributed by atoms with Crippen molar-refractivity contribution in [1.29, 1.82) is 0 Å². The molecule has 0 aromatic heterocycles. The van der Waals surface area contributed by atoms with E-state index in [0.717, 1.165) is 39.2 Å². The number of benzene rings is 2. The molecule has 4 nitrogen and oxygen atoms in total. The van der Waals surface area contributed by atoms with Gasteiger partial charge in [0.25, 0.3) is 0 Å². The number of aryl methyl sites for hydroxylation is 1. The van der Waals surface area contributed by atoms with Gasteiger partial charge in [0.1, 0.15) is 11.5 Å². The van der Waals surface area contributed by atoms with E-state index >= 15 is 0 Å². The minimum atomic E-state index is 0.0643.